The van der Waals surface area contributed by atoms with E-state index in [0.717, 1.165) is 0 Å². The maximum atomic E-state index is 9.20. The van der Waals surface area contributed by atoms with Gasteiger partial charge in [-0.25, -0.2) is 0 Å². The molecule has 0 bridgehead atoms. The molecule has 0 aliphatic rings. The van der Waals surface area contributed by atoms with Gasteiger partial charge in [-0.1, -0.05) is 0 Å². The highest BCUT2D eigenvalue weighted by molar-refractivity contribution is 5.58. The van der Waals surface area contributed by atoms with E-state index in [-0.39, 0.29) is 17.7 Å². The molecule has 0 aliphatic carbocycles. The van der Waals surface area contributed by atoms with Crippen LogP contribution in [0, 0.1) is 22.7 Å². The first-order chi connectivity index (χ1) is 6.19. The van der Waals surface area contributed by atoms with Crippen molar-refractivity contribution in [3.8, 4) is 17.9 Å². The molecule has 1 rings (SSSR count). The lowest BCUT2D eigenvalue weighted by molar-refractivity contribution is 0.473. The Morgan fingerprint density at radius 1 is 1.38 bits per heavy atom. The van der Waals surface area contributed by atoms with Crippen LogP contribution in [0.4, 0.5) is 5.69 Å². The van der Waals surface area contributed by atoms with Crippen molar-refractivity contribution in [3.05, 3.63) is 23.3 Å². The van der Waals surface area contributed by atoms with Crippen LogP contribution in [0.15, 0.2) is 12.1 Å². The molecule has 64 valence electrons. The number of nitrogens with zero attached hydrogens (tertiary/aromatic N) is 2. The second-order valence-corrected chi connectivity index (χ2v) is 2.51. The summed E-state index contributed by atoms with van der Waals surface area (Å²) >= 11 is 0. The summed E-state index contributed by atoms with van der Waals surface area (Å²) in [5, 5.41) is 26.2. The van der Waals surface area contributed by atoms with Crippen molar-refractivity contribution in [2.45, 2.75) is 6.42 Å². The standard InChI is InChI=1S/C9H7N3O/c10-2-1-6-3-7(5-11)9(13)4-8(6)12/h3-4,13H,1,12H2. The second kappa shape index (κ2) is 3.46. The molecule has 0 fully saturated rings. The van der Waals surface area contributed by atoms with Crippen molar-refractivity contribution in [2.24, 2.45) is 0 Å². The third-order valence-corrected chi connectivity index (χ3v) is 1.65. The zero-order chi connectivity index (χ0) is 9.84. The van der Waals surface area contributed by atoms with Crippen LogP contribution in [-0.2, 0) is 6.42 Å². The number of phenols is 1. The van der Waals surface area contributed by atoms with Gasteiger partial charge in [0.1, 0.15) is 11.8 Å². The van der Waals surface area contributed by atoms with Crippen molar-refractivity contribution in [3.63, 3.8) is 0 Å². The fourth-order valence-corrected chi connectivity index (χ4v) is 0.977. The summed E-state index contributed by atoms with van der Waals surface area (Å²) in [6.07, 6.45) is 0.140. The van der Waals surface area contributed by atoms with E-state index in [1.807, 2.05) is 6.07 Å². The molecule has 0 amide bonds. The fourth-order valence-electron chi connectivity index (χ4n) is 0.977. The van der Waals surface area contributed by atoms with Crippen LogP contribution in [0.1, 0.15) is 11.1 Å². The highest BCUT2D eigenvalue weighted by Gasteiger charge is 2.05. The van der Waals surface area contributed by atoms with Crippen LogP contribution in [0.25, 0.3) is 0 Å². The van der Waals surface area contributed by atoms with E-state index in [1.54, 1.807) is 6.07 Å². The molecule has 0 heterocycles. The zero-order valence-electron chi connectivity index (χ0n) is 6.78. The summed E-state index contributed by atoms with van der Waals surface area (Å²) in [5.74, 6) is -0.151. The van der Waals surface area contributed by atoms with E-state index in [2.05, 4.69) is 0 Å². The van der Waals surface area contributed by atoms with Gasteiger partial charge in [0.25, 0.3) is 0 Å². The number of nitriles is 2. The molecule has 13 heavy (non-hydrogen) atoms. The first-order valence-corrected chi connectivity index (χ1v) is 3.57. The minimum Gasteiger partial charge on any atom is -0.506 e. The summed E-state index contributed by atoms with van der Waals surface area (Å²) in [6, 6.07) is 6.44. The predicted octanol–water partition coefficient (Wildman–Crippen LogP) is 0.912. The molecule has 4 heteroatoms. The number of nitrogen functional groups attached to an aromatic ring is 1. The molecule has 1 aromatic carbocycles. The Hall–Kier alpha value is -2.20. The normalized spacial score (nSPS) is 8.77. The Labute approximate surface area is 75.4 Å². The monoisotopic (exact) mass is 173 g/mol. The van der Waals surface area contributed by atoms with E-state index in [9.17, 15) is 5.11 Å². The van der Waals surface area contributed by atoms with Crippen LogP contribution in [-0.4, -0.2) is 5.11 Å². The van der Waals surface area contributed by atoms with Gasteiger partial charge in [-0.2, -0.15) is 10.5 Å². The van der Waals surface area contributed by atoms with Crippen LogP contribution in [0.3, 0.4) is 0 Å². The van der Waals surface area contributed by atoms with E-state index in [4.69, 9.17) is 16.3 Å². The van der Waals surface area contributed by atoms with Crippen molar-refractivity contribution >= 4 is 5.69 Å². The average molecular weight is 173 g/mol. The minimum atomic E-state index is -0.151. The summed E-state index contributed by atoms with van der Waals surface area (Å²) in [6.45, 7) is 0. The first-order valence-electron chi connectivity index (χ1n) is 3.57. The SMILES string of the molecule is N#CCc1cc(C#N)c(O)cc1N. The Morgan fingerprint density at radius 2 is 2.08 bits per heavy atom. The lowest BCUT2D eigenvalue weighted by atomic mass is 10.1. The summed E-state index contributed by atoms with van der Waals surface area (Å²) < 4.78 is 0. The molecule has 0 atom stereocenters. The second-order valence-electron chi connectivity index (χ2n) is 2.51. The van der Waals surface area contributed by atoms with Crippen molar-refractivity contribution in [1.82, 2.24) is 0 Å². The number of phenolic OH excluding ortho intramolecular Hbond substituents is 1. The predicted molar refractivity (Wildman–Crippen MR) is 46.6 cm³/mol. The van der Waals surface area contributed by atoms with E-state index >= 15 is 0 Å². The quantitative estimate of drug-likeness (QED) is 0.617. The van der Waals surface area contributed by atoms with Crippen LogP contribution < -0.4 is 5.73 Å². The molecule has 1 aromatic rings. The van der Waals surface area contributed by atoms with Gasteiger partial charge in [0.2, 0.25) is 0 Å². The molecule has 0 spiro atoms. The Morgan fingerprint density at radius 3 is 2.62 bits per heavy atom. The number of hydrogen-bond donors (Lipinski definition) is 2. The van der Waals surface area contributed by atoms with Crippen LogP contribution >= 0.6 is 0 Å². The van der Waals surface area contributed by atoms with Gasteiger partial charge >= 0.3 is 0 Å². The number of anilines is 1. The van der Waals surface area contributed by atoms with Crippen molar-refractivity contribution in [1.29, 1.82) is 10.5 Å². The highest BCUT2D eigenvalue weighted by Crippen LogP contribution is 2.23. The lowest BCUT2D eigenvalue weighted by Gasteiger charge is -2.03. The van der Waals surface area contributed by atoms with E-state index in [1.165, 1.54) is 12.1 Å². The molecule has 0 unspecified atom stereocenters. The molecule has 0 radical (unpaired) electrons. The summed E-state index contributed by atoms with van der Waals surface area (Å²) in [5.41, 5.74) is 6.55. The zero-order valence-corrected chi connectivity index (χ0v) is 6.78. The highest BCUT2D eigenvalue weighted by atomic mass is 16.3. The molecule has 0 saturated heterocycles. The number of rotatable bonds is 1. The van der Waals surface area contributed by atoms with E-state index in [0.29, 0.717) is 11.3 Å². The van der Waals surface area contributed by atoms with Gasteiger partial charge in [0.05, 0.1) is 18.1 Å². The van der Waals surface area contributed by atoms with Gasteiger partial charge in [0, 0.05) is 11.8 Å². The third kappa shape index (κ3) is 1.69. The first kappa shape index (κ1) is 8.89. The number of aromatic hydroxyl groups is 1. The van der Waals surface area contributed by atoms with Crippen LogP contribution in [0.5, 0.6) is 5.75 Å². The molecule has 0 saturated carbocycles. The van der Waals surface area contributed by atoms with Gasteiger partial charge in [0.15, 0.2) is 0 Å². The number of nitrogens with two attached hydrogens (primary N) is 1. The topological polar surface area (TPSA) is 93.8 Å². The number of benzene rings is 1. The van der Waals surface area contributed by atoms with Gasteiger partial charge < -0.3 is 10.8 Å². The maximum absolute atomic E-state index is 9.20. The smallest absolute Gasteiger partial charge is 0.135 e. The lowest BCUT2D eigenvalue weighted by Crippen LogP contribution is -1.94. The molecule has 0 aliphatic heterocycles. The average Bonchev–Trinajstić information content (AvgIpc) is 2.10. The molecule has 3 N–H and O–H groups in total. The van der Waals surface area contributed by atoms with Gasteiger partial charge in [-0.3, -0.25) is 0 Å². The van der Waals surface area contributed by atoms with Crippen molar-refractivity contribution < 1.29 is 5.11 Å². The largest absolute Gasteiger partial charge is 0.506 e. The number of hydrogen-bond acceptors (Lipinski definition) is 4. The molecule has 4 nitrogen and oxygen atoms in total. The maximum Gasteiger partial charge on any atom is 0.135 e. The third-order valence-electron chi connectivity index (χ3n) is 1.65. The van der Waals surface area contributed by atoms with Gasteiger partial charge in [-0.05, 0) is 11.6 Å². The molecular formula is C9H7N3O. The Kier molecular flexibility index (Phi) is 2.37. The molecule has 0 aromatic heterocycles. The Bertz CT molecular complexity index is 412. The fraction of sp³-hybridized carbons (Fsp3) is 0.111. The Balaban J connectivity index is 3.26. The summed E-state index contributed by atoms with van der Waals surface area (Å²) in [7, 11) is 0. The van der Waals surface area contributed by atoms with E-state index < -0.39 is 0 Å². The van der Waals surface area contributed by atoms with Gasteiger partial charge in [-0.15, -0.1) is 0 Å². The minimum absolute atomic E-state index is 0.138. The van der Waals surface area contributed by atoms with Crippen LogP contribution in [0.2, 0.25) is 0 Å². The molecular weight excluding hydrogens is 166 g/mol. The summed E-state index contributed by atoms with van der Waals surface area (Å²) in [4.78, 5) is 0. The van der Waals surface area contributed by atoms with Crippen molar-refractivity contribution in [2.75, 3.05) is 5.73 Å².